The van der Waals surface area contributed by atoms with Crippen LogP contribution >= 0.6 is 0 Å². The van der Waals surface area contributed by atoms with Crippen molar-refractivity contribution in [2.75, 3.05) is 7.11 Å². The van der Waals surface area contributed by atoms with E-state index < -0.39 is 23.1 Å². The van der Waals surface area contributed by atoms with Crippen LogP contribution in [0.25, 0.3) is 0 Å². The second-order valence-electron chi connectivity index (χ2n) is 5.89. The second-order valence-corrected chi connectivity index (χ2v) is 5.89. The second kappa shape index (κ2) is 5.94. The molecule has 0 spiro atoms. The normalized spacial score (nSPS) is 30.6. The molecular formula is C16H24O4. The molecule has 20 heavy (non-hydrogen) atoms. The molecule has 0 aromatic carbocycles. The lowest BCUT2D eigenvalue weighted by Crippen LogP contribution is -2.54. The molecular weight excluding hydrogens is 256 g/mol. The number of rotatable bonds is 3. The van der Waals surface area contributed by atoms with Gasteiger partial charge in [-0.15, -0.1) is 0 Å². The maximum Gasteiger partial charge on any atom is 0.330 e. The number of methoxy groups -OCH3 is 1. The zero-order valence-corrected chi connectivity index (χ0v) is 12.6. The Morgan fingerprint density at radius 1 is 1.50 bits per heavy atom. The Bertz CT molecular complexity index is 459. The van der Waals surface area contributed by atoms with Gasteiger partial charge in [0.1, 0.15) is 5.60 Å². The first-order valence-corrected chi connectivity index (χ1v) is 6.69. The van der Waals surface area contributed by atoms with Gasteiger partial charge in [0.15, 0.2) is 0 Å². The molecule has 0 aliphatic heterocycles. The van der Waals surface area contributed by atoms with Crippen LogP contribution in [0, 0.1) is 5.41 Å². The topological polar surface area (TPSA) is 66.8 Å². The highest BCUT2D eigenvalue weighted by molar-refractivity contribution is 5.83. The molecule has 1 aliphatic rings. The maximum atomic E-state index is 11.1. The summed E-state index contributed by atoms with van der Waals surface area (Å²) < 4.78 is 4.55. The van der Waals surface area contributed by atoms with E-state index in [4.69, 9.17) is 0 Å². The van der Waals surface area contributed by atoms with Crippen molar-refractivity contribution in [2.45, 2.75) is 45.3 Å². The van der Waals surface area contributed by atoms with Crippen molar-refractivity contribution in [1.29, 1.82) is 0 Å². The third-order valence-electron chi connectivity index (χ3n) is 4.21. The Kier molecular flexibility index (Phi) is 4.95. The summed E-state index contributed by atoms with van der Waals surface area (Å²) >= 11 is 0. The summed E-state index contributed by atoms with van der Waals surface area (Å²) in [7, 11) is 1.31. The van der Waals surface area contributed by atoms with E-state index in [0.29, 0.717) is 24.0 Å². The zero-order valence-electron chi connectivity index (χ0n) is 12.6. The van der Waals surface area contributed by atoms with Gasteiger partial charge in [0.25, 0.3) is 0 Å². The molecule has 0 unspecified atom stereocenters. The molecule has 0 saturated heterocycles. The molecule has 1 aliphatic carbocycles. The summed E-state index contributed by atoms with van der Waals surface area (Å²) in [5.41, 5.74) is -0.691. The first-order valence-electron chi connectivity index (χ1n) is 6.69. The van der Waals surface area contributed by atoms with Gasteiger partial charge in [0.05, 0.1) is 13.2 Å². The molecule has 1 fully saturated rings. The van der Waals surface area contributed by atoms with Crippen molar-refractivity contribution < 1.29 is 19.7 Å². The molecule has 0 heterocycles. The Morgan fingerprint density at radius 3 is 2.65 bits per heavy atom. The van der Waals surface area contributed by atoms with Crippen LogP contribution in [0.5, 0.6) is 0 Å². The van der Waals surface area contributed by atoms with Crippen molar-refractivity contribution in [2.24, 2.45) is 5.41 Å². The number of hydrogen-bond acceptors (Lipinski definition) is 4. The summed E-state index contributed by atoms with van der Waals surface area (Å²) in [6, 6.07) is 0. The Morgan fingerprint density at radius 2 is 2.10 bits per heavy atom. The first kappa shape index (κ1) is 16.7. The molecule has 0 aromatic rings. The van der Waals surface area contributed by atoms with Gasteiger partial charge in [0, 0.05) is 11.5 Å². The van der Waals surface area contributed by atoms with Crippen LogP contribution in [-0.2, 0) is 9.53 Å². The summed E-state index contributed by atoms with van der Waals surface area (Å²) in [6.45, 7) is 9.29. The molecule has 0 aromatic heterocycles. The van der Waals surface area contributed by atoms with Crippen LogP contribution in [0.15, 0.2) is 36.0 Å². The molecule has 2 N–H and O–H groups in total. The maximum absolute atomic E-state index is 11.1. The molecule has 1 saturated carbocycles. The van der Waals surface area contributed by atoms with Crippen molar-refractivity contribution >= 4 is 5.97 Å². The highest BCUT2D eigenvalue weighted by Gasteiger charge is 2.50. The number of esters is 1. The SMILES string of the molecule is C=C1CC[C@H](O)C(C)(C)[C@@]1(O)/C=C/C(C)=C\C(=O)OC. The summed E-state index contributed by atoms with van der Waals surface area (Å²) in [5.74, 6) is -0.444. The Hall–Kier alpha value is -1.39. The number of hydrogen-bond donors (Lipinski definition) is 2. The molecule has 4 nitrogen and oxygen atoms in total. The molecule has 0 radical (unpaired) electrons. The minimum Gasteiger partial charge on any atom is -0.466 e. The van der Waals surface area contributed by atoms with E-state index in [1.54, 1.807) is 19.1 Å². The van der Waals surface area contributed by atoms with Gasteiger partial charge >= 0.3 is 5.97 Å². The molecule has 112 valence electrons. The highest BCUT2D eigenvalue weighted by Crippen LogP contribution is 2.47. The van der Waals surface area contributed by atoms with Crippen molar-refractivity contribution in [3.63, 3.8) is 0 Å². The van der Waals surface area contributed by atoms with Crippen LogP contribution in [0.2, 0.25) is 0 Å². The standard InChI is InChI=1S/C16H24O4/c1-11(10-14(18)20-5)8-9-16(19)12(2)6-7-13(17)15(16,3)4/h8-10,13,17,19H,2,6-7H2,1,3-5H3/b9-8+,11-10-/t13-,16+/m0/s1. The van der Waals surface area contributed by atoms with E-state index in [1.165, 1.54) is 13.2 Å². The molecule has 0 bridgehead atoms. The number of carbonyl (C=O) groups is 1. The van der Waals surface area contributed by atoms with Crippen LogP contribution in [0.4, 0.5) is 0 Å². The third-order valence-corrected chi connectivity index (χ3v) is 4.21. The largest absolute Gasteiger partial charge is 0.466 e. The minimum absolute atomic E-state index is 0.444. The van der Waals surface area contributed by atoms with Crippen LogP contribution in [0.3, 0.4) is 0 Å². The third kappa shape index (κ3) is 3.02. The predicted molar refractivity (Wildman–Crippen MR) is 78.0 cm³/mol. The number of allylic oxidation sites excluding steroid dienone is 2. The molecule has 4 heteroatoms. The van der Waals surface area contributed by atoms with E-state index >= 15 is 0 Å². The van der Waals surface area contributed by atoms with Crippen molar-refractivity contribution in [3.05, 3.63) is 36.0 Å². The monoisotopic (exact) mass is 280 g/mol. The number of aliphatic hydroxyl groups excluding tert-OH is 1. The van der Waals surface area contributed by atoms with Gasteiger partial charge in [-0.05, 0) is 37.0 Å². The van der Waals surface area contributed by atoms with E-state index in [9.17, 15) is 15.0 Å². The minimum atomic E-state index is -1.30. The molecule has 0 amide bonds. The lowest BCUT2D eigenvalue weighted by atomic mass is 9.61. The van der Waals surface area contributed by atoms with E-state index in [0.717, 1.165) is 0 Å². The van der Waals surface area contributed by atoms with Crippen LogP contribution in [-0.4, -0.2) is 35.0 Å². The fraction of sp³-hybridized carbons (Fsp3) is 0.562. The van der Waals surface area contributed by atoms with Gasteiger partial charge < -0.3 is 14.9 Å². The fourth-order valence-corrected chi connectivity index (χ4v) is 2.45. The first-order chi connectivity index (χ1) is 9.15. The van der Waals surface area contributed by atoms with E-state index in [2.05, 4.69) is 11.3 Å². The van der Waals surface area contributed by atoms with Gasteiger partial charge in [-0.25, -0.2) is 4.79 Å². The summed E-state index contributed by atoms with van der Waals surface area (Å²) in [6.07, 6.45) is 5.17. The van der Waals surface area contributed by atoms with Crippen molar-refractivity contribution in [1.82, 2.24) is 0 Å². The Labute approximate surface area is 120 Å². The Balaban J connectivity index is 3.05. The van der Waals surface area contributed by atoms with Gasteiger partial charge in [0.2, 0.25) is 0 Å². The summed E-state index contributed by atoms with van der Waals surface area (Å²) in [4.78, 5) is 11.1. The number of ether oxygens (including phenoxy) is 1. The van der Waals surface area contributed by atoms with E-state index in [-0.39, 0.29) is 0 Å². The van der Waals surface area contributed by atoms with E-state index in [1.807, 2.05) is 13.8 Å². The molecule has 1 rings (SSSR count). The molecule has 2 atom stereocenters. The lowest BCUT2D eigenvalue weighted by Gasteiger charge is -2.49. The average molecular weight is 280 g/mol. The quantitative estimate of drug-likeness (QED) is 0.360. The lowest BCUT2D eigenvalue weighted by molar-refractivity contribution is -0.134. The fourth-order valence-electron chi connectivity index (χ4n) is 2.45. The van der Waals surface area contributed by atoms with Gasteiger partial charge in [-0.3, -0.25) is 0 Å². The summed E-state index contributed by atoms with van der Waals surface area (Å²) in [5, 5.41) is 21.0. The highest BCUT2D eigenvalue weighted by atomic mass is 16.5. The van der Waals surface area contributed by atoms with Crippen molar-refractivity contribution in [3.8, 4) is 0 Å². The van der Waals surface area contributed by atoms with Crippen LogP contribution < -0.4 is 0 Å². The number of carbonyl (C=O) groups excluding carboxylic acids is 1. The zero-order chi connectivity index (χ0) is 15.6. The average Bonchev–Trinajstić information content (AvgIpc) is 2.39. The van der Waals surface area contributed by atoms with Gasteiger partial charge in [-0.2, -0.15) is 0 Å². The van der Waals surface area contributed by atoms with Gasteiger partial charge in [-0.1, -0.05) is 26.5 Å². The predicted octanol–water partition coefficient (Wildman–Crippen LogP) is 2.13. The number of aliphatic hydroxyl groups is 2. The van der Waals surface area contributed by atoms with Crippen LogP contribution in [0.1, 0.15) is 33.6 Å². The smallest absolute Gasteiger partial charge is 0.330 e.